The van der Waals surface area contributed by atoms with Gasteiger partial charge in [-0.25, -0.2) is 0 Å². The van der Waals surface area contributed by atoms with Crippen LogP contribution in [-0.4, -0.2) is 23.0 Å². The molecule has 0 nitrogen and oxygen atoms in total. The van der Waals surface area contributed by atoms with Gasteiger partial charge in [-0.1, -0.05) is 212 Å². The van der Waals surface area contributed by atoms with Crippen LogP contribution in [0, 0.1) is 0 Å². The van der Waals surface area contributed by atoms with Gasteiger partial charge in [0.1, 0.15) is 0 Å². The zero-order chi connectivity index (χ0) is 46.0. The minimum Gasteiger partial charge on any atom is -0.179 e. The monoisotopic (exact) mass is 993 g/mol. The Morgan fingerprint density at radius 3 is 0.797 bits per heavy atom. The van der Waals surface area contributed by atoms with Crippen LogP contribution in [0.25, 0.3) is 10.8 Å². The van der Waals surface area contributed by atoms with Crippen molar-refractivity contribution in [3.05, 3.63) is 34.4 Å². The molecule has 2 aromatic rings. The predicted octanol–water partition coefficient (Wildman–Crippen LogP) is 20.9. The van der Waals surface area contributed by atoms with Crippen LogP contribution >= 0.6 is 75.8 Å². The molecule has 0 fully saturated rings. The summed E-state index contributed by atoms with van der Waals surface area (Å²) in [5, 5.41) is 2.94. The minimum absolute atomic E-state index is 1.04. The molecule has 0 bridgehead atoms. The molecule has 0 atom stereocenters. The van der Waals surface area contributed by atoms with Crippen molar-refractivity contribution >= 4 is 86.5 Å². The highest BCUT2D eigenvalue weighted by molar-refractivity contribution is 7.81. The van der Waals surface area contributed by atoms with Crippen LogP contribution in [0.15, 0.2) is 21.9 Å². The lowest BCUT2D eigenvalue weighted by atomic mass is 9.83. The number of benzene rings is 2. The highest BCUT2D eigenvalue weighted by Crippen LogP contribution is 2.41. The van der Waals surface area contributed by atoms with Crippen LogP contribution in [0.5, 0.6) is 0 Å². The summed E-state index contributed by atoms with van der Waals surface area (Å²) in [5.74, 6) is 4.16. The second-order valence-electron chi connectivity index (χ2n) is 19.8. The summed E-state index contributed by atoms with van der Waals surface area (Å²) >= 11 is 28.3. The lowest BCUT2D eigenvalue weighted by Crippen LogP contribution is -2.07. The number of hydrogen-bond acceptors (Lipinski definition) is 6. The van der Waals surface area contributed by atoms with E-state index in [2.05, 4.69) is 62.6 Å². The van der Waals surface area contributed by atoms with Crippen molar-refractivity contribution in [2.24, 2.45) is 0 Å². The van der Waals surface area contributed by atoms with Gasteiger partial charge in [0.2, 0.25) is 0 Å². The van der Waals surface area contributed by atoms with E-state index in [9.17, 15) is 0 Å². The number of thiol groups is 6. The first-order valence-corrected chi connectivity index (χ1v) is 31.5. The van der Waals surface area contributed by atoms with Crippen LogP contribution < -0.4 is 0 Å². The number of fused-ring (bicyclic) bond motifs is 1. The number of aryl methyl sites for hydroxylation is 2. The topological polar surface area (TPSA) is 0 Å². The Kier molecular flexibility index (Phi) is 42.8. The molecule has 0 aliphatic carbocycles. The van der Waals surface area contributed by atoms with E-state index in [1.807, 2.05) is 0 Å². The van der Waals surface area contributed by atoms with Gasteiger partial charge in [0.15, 0.2) is 0 Å². The Hall–Kier alpha value is 0.800. The van der Waals surface area contributed by atoms with E-state index in [4.69, 9.17) is 25.3 Å². The fourth-order valence-corrected chi connectivity index (χ4v) is 12.0. The van der Waals surface area contributed by atoms with Crippen molar-refractivity contribution in [3.8, 4) is 0 Å². The summed E-state index contributed by atoms with van der Waals surface area (Å²) in [6.45, 7) is 0. The Morgan fingerprint density at radius 2 is 0.484 bits per heavy atom. The van der Waals surface area contributed by atoms with E-state index in [1.54, 1.807) is 27.6 Å². The van der Waals surface area contributed by atoms with Crippen LogP contribution in [-0.2, 0) is 25.7 Å². The molecular formula is C58H104S6. The maximum Gasteiger partial charge on any atom is 0.0165 e. The first-order chi connectivity index (χ1) is 31.6. The van der Waals surface area contributed by atoms with Gasteiger partial charge < -0.3 is 0 Å². The number of unbranched alkanes of at least 4 members (excludes halogenated alkanes) is 36. The Balaban J connectivity index is 2.24. The first-order valence-electron chi connectivity index (χ1n) is 28.0. The quantitative estimate of drug-likeness (QED) is 0.0276. The van der Waals surface area contributed by atoms with Crippen molar-refractivity contribution in [3.63, 3.8) is 0 Å². The highest BCUT2D eigenvalue weighted by atomic mass is 32.1. The molecule has 0 unspecified atom stereocenters. The molecular weight excluding hydrogens is 889 g/mol. The Bertz CT molecular complexity index is 1340. The SMILES string of the molecule is SCCCCCCCCCCCCc1c(CCCCCCCCCCCCS)c(CCCCCCCCCCCCS)c2c(CCCCCCCCCCCCS)ccc(S)c2c1S. The average Bonchev–Trinajstić information content (AvgIpc) is 3.30. The summed E-state index contributed by atoms with van der Waals surface area (Å²) in [7, 11) is 0. The van der Waals surface area contributed by atoms with Crippen molar-refractivity contribution in [2.75, 3.05) is 23.0 Å². The molecule has 2 rings (SSSR count). The zero-order valence-electron chi connectivity index (χ0n) is 41.8. The minimum atomic E-state index is 1.04. The zero-order valence-corrected chi connectivity index (χ0v) is 47.1. The van der Waals surface area contributed by atoms with Gasteiger partial charge in [-0.3, -0.25) is 0 Å². The fraction of sp³-hybridized carbons (Fsp3) is 0.828. The molecule has 0 radical (unpaired) electrons. The summed E-state index contributed by atoms with van der Waals surface area (Å²) in [4.78, 5) is 2.41. The molecule has 2 aromatic carbocycles. The molecule has 0 spiro atoms. The smallest absolute Gasteiger partial charge is 0.0165 e. The molecule has 0 N–H and O–H groups in total. The highest BCUT2D eigenvalue weighted by Gasteiger charge is 2.21. The first kappa shape index (κ1) is 60.9. The molecule has 0 aliphatic rings. The van der Waals surface area contributed by atoms with E-state index < -0.39 is 0 Å². The molecule has 0 saturated heterocycles. The third-order valence-electron chi connectivity index (χ3n) is 14.2. The van der Waals surface area contributed by atoms with Gasteiger partial charge in [0.25, 0.3) is 0 Å². The lowest BCUT2D eigenvalue weighted by Gasteiger charge is -2.24. The van der Waals surface area contributed by atoms with E-state index in [-0.39, 0.29) is 0 Å². The molecule has 0 aliphatic heterocycles. The normalized spacial score (nSPS) is 11.8. The van der Waals surface area contributed by atoms with Crippen LogP contribution in [0.2, 0.25) is 0 Å². The second-order valence-corrected chi connectivity index (χ2v) is 22.5. The molecule has 0 amide bonds. The predicted molar refractivity (Wildman–Crippen MR) is 313 cm³/mol. The summed E-state index contributed by atoms with van der Waals surface area (Å²) in [6, 6.07) is 4.78. The van der Waals surface area contributed by atoms with Crippen molar-refractivity contribution in [1.82, 2.24) is 0 Å². The second kappa shape index (κ2) is 45.0. The van der Waals surface area contributed by atoms with E-state index >= 15 is 0 Å². The van der Waals surface area contributed by atoms with Crippen LogP contribution in [0.3, 0.4) is 0 Å². The Labute approximate surface area is 433 Å². The molecule has 0 aromatic heterocycles. The van der Waals surface area contributed by atoms with Crippen molar-refractivity contribution in [2.45, 2.75) is 292 Å². The Morgan fingerprint density at radius 1 is 0.234 bits per heavy atom. The van der Waals surface area contributed by atoms with E-state index in [0.717, 1.165) is 27.9 Å². The molecule has 6 heteroatoms. The van der Waals surface area contributed by atoms with Crippen LogP contribution in [0.4, 0.5) is 0 Å². The molecule has 372 valence electrons. The third kappa shape index (κ3) is 29.7. The van der Waals surface area contributed by atoms with Gasteiger partial charge in [0.05, 0.1) is 0 Å². The van der Waals surface area contributed by atoms with Gasteiger partial charge in [0, 0.05) is 15.2 Å². The maximum absolute atomic E-state index is 5.54. The van der Waals surface area contributed by atoms with Crippen molar-refractivity contribution in [1.29, 1.82) is 0 Å². The summed E-state index contributed by atoms with van der Waals surface area (Å²) in [6.07, 6.45) is 59.5. The summed E-state index contributed by atoms with van der Waals surface area (Å²) in [5.41, 5.74) is 6.58. The standard InChI is InChI=1S/C58H104S6/c59-47-37-29-21-13-5-1-9-17-25-33-41-51-45-46-55(63)57-56(51)53(43-35-27-19-11-3-7-15-23-31-39-49-61)52(42-34-26-18-10-2-6-14-22-30-38-48-60)54(58(57)64)44-36-28-20-12-4-8-16-24-32-40-50-62/h45-46,59-64H,1-44,47-50H2. The van der Waals surface area contributed by atoms with E-state index in [1.165, 1.54) is 293 Å². The van der Waals surface area contributed by atoms with Gasteiger partial charge >= 0.3 is 0 Å². The van der Waals surface area contributed by atoms with Gasteiger partial charge in [-0.2, -0.15) is 50.5 Å². The van der Waals surface area contributed by atoms with E-state index in [0.29, 0.717) is 0 Å². The maximum atomic E-state index is 5.54. The van der Waals surface area contributed by atoms with Gasteiger partial charge in [-0.15, -0.1) is 25.3 Å². The third-order valence-corrected chi connectivity index (χ3v) is 16.3. The molecule has 0 heterocycles. The molecule has 64 heavy (non-hydrogen) atoms. The van der Waals surface area contributed by atoms with Gasteiger partial charge in [-0.05, 0) is 134 Å². The number of hydrogen-bond donors (Lipinski definition) is 6. The average molecular weight is 994 g/mol. The lowest BCUT2D eigenvalue weighted by molar-refractivity contribution is 0.551. The summed E-state index contributed by atoms with van der Waals surface area (Å²) < 4.78 is 0. The molecule has 0 saturated carbocycles. The number of rotatable bonds is 48. The largest absolute Gasteiger partial charge is 0.179 e. The van der Waals surface area contributed by atoms with Crippen LogP contribution in [0.1, 0.15) is 279 Å². The van der Waals surface area contributed by atoms with Crippen molar-refractivity contribution < 1.29 is 0 Å². The fourth-order valence-electron chi connectivity index (χ4n) is 10.2.